The van der Waals surface area contributed by atoms with Crippen LogP contribution in [0.5, 0.6) is 0 Å². The van der Waals surface area contributed by atoms with E-state index >= 15 is 0 Å². The van der Waals surface area contributed by atoms with Crippen LogP contribution in [0.15, 0.2) is 30.5 Å². The summed E-state index contributed by atoms with van der Waals surface area (Å²) in [7, 11) is 0. The summed E-state index contributed by atoms with van der Waals surface area (Å²) in [6, 6.07) is 6.71. The predicted octanol–water partition coefficient (Wildman–Crippen LogP) is 2.82. The van der Waals surface area contributed by atoms with E-state index in [-0.39, 0.29) is 23.8 Å². The van der Waals surface area contributed by atoms with Crippen LogP contribution in [0.2, 0.25) is 0 Å². The Morgan fingerprint density at radius 3 is 2.87 bits per heavy atom. The molecule has 122 valence electrons. The number of benzene rings is 1. The molecule has 23 heavy (non-hydrogen) atoms. The van der Waals surface area contributed by atoms with Crippen molar-refractivity contribution >= 4 is 17.2 Å². The number of thiazole rings is 1. The molecule has 0 spiro atoms. The monoisotopic (exact) mass is 333 g/mol. The Morgan fingerprint density at radius 2 is 2.17 bits per heavy atom. The van der Waals surface area contributed by atoms with E-state index in [0.717, 1.165) is 23.4 Å². The molecule has 2 aromatic rings. The lowest BCUT2D eigenvalue weighted by molar-refractivity contribution is 0.0624. The Hall–Kier alpha value is -1.79. The highest BCUT2D eigenvalue weighted by molar-refractivity contribution is 7.13. The fourth-order valence-corrected chi connectivity index (χ4v) is 3.83. The fourth-order valence-electron chi connectivity index (χ4n) is 2.92. The predicted molar refractivity (Wildman–Crippen MR) is 89.0 cm³/mol. The standard InChI is InChI=1S/C17H20FN3OS/c1-11-8-14(19)6-7-21(11)17(22)15-10-20-16(23-15)9-12-2-4-13(18)5-3-12/h2-5,10-11,14H,6-9,19H2,1H3/t11-,14+/m1/s1. The van der Waals surface area contributed by atoms with Crippen LogP contribution in [0.1, 0.15) is 40.0 Å². The highest BCUT2D eigenvalue weighted by Crippen LogP contribution is 2.23. The molecule has 4 nitrogen and oxygen atoms in total. The van der Waals surface area contributed by atoms with Gasteiger partial charge in [-0.05, 0) is 37.5 Å². The first kappa shape index (κ1) is 16.1. The Labute approximate surface area is 139 Å². The number of halogens is 1. The Morgan fingerprint density at radius 1 is 1.43 bits per heavy atom. The number of amides is 1. The molecule has 1 saturated heterocycles. The lowest BCUT2D eigenvalue weighted by atomic mass is 9.99. The van der Waals surface area contributed by atoms with E-state index in [2.05, 4.69) is 4.98 Å². The quantitative estimate of drug-likeness (QED) is 0.939. The van der Waals surface area contributed by atoms with Crippen molar-refractivity contribution in [1.29, 1.82) is 0 Å². The number of carbonyl (C=O) groups excluding carboxylic acids is 1. The third kappa shape index (κ3) is 3.76. The van der Waals surface area contributed by atoms with Crippen LogP contribution < -0.4 is 5.73 Å². The number of likely N-dealkylation sites (tertiary alicyclic amines) is 1. The third-order valence-corrected chi connectivity index (χ3v) is 5.20. The van der Waals surface area contributed by atoms with Gasteiger partial charge in [0.05, 0.1) is 11.2 Å². The molecule has 1 fully saturated rings. The second-order valence-electron chi connectivity index (χ2n) is 6.05. The topological polar surface area (TPSA) is 59.2 Å². The normalized spacial score (nSPS) is 21.4. The van der Waals surface area contributed by atoms with Gasteiger partial charge in [-0.25, -0.2) is 9.37 Å². The Kier molecular flexibility index (Phi) is 4.73. The molecule has 2 atom stereocenters. The first-order chi connectivity index (χ1) is 11.0. The molecule has 2 heterocycles. The Balaban J connectivity index is 1.68. The van der Waals surface area contributed by atoms with Crippen LogP contribution >= 0.6 is 11.3 Å². The molecule has 0 radical (unpaired) electrons. The minimum Gasteiger partial charge on any atom is -0.335 e. The molecule has 0 unspecified atom stereocenters. The van der Waals surface area contributed by atoms with Crippen LogP contribution in [0.3, 0.4) is 0 Å². The van der Waals surface area contributed by atoms with Crippen molar-refractivity contribution < 1.29 is 9.18 Å². The molecule has 2 N–H and O–H groups in total. The molecule has 1 aromatic heterocycles. The number of aromatic nitrogens is 1. The number of hydrogen-bond acceptors (Lipinski definition) is 4. The van der Waals surface area contributed by atoms with E-state index in [1.165, 1.54) is 23.5 Å². The summed E-state index contributed by atoms with van der Waals surface area (Å²) in [6.07, 6.45) is 3.94. The zero-order valence-electron chi connectivity index (χ0n) is 13.0. The van der Waals surface area contributed by atoms with Gasteiger partial charge in [0.2, 0.25) is 0 Å². The summed E-state index contributed by atoms with van der Waals surface area (Å²) in [4.78, 5) is 19.5. The van der Waals surface area contributed by atoms with E-state index in [1.54, 1.807) is 18.3 Å². The van der Waals surface area contributed by atoms with Gasteiger partial charge in [0, 0.05) is 25.0 Å². The molecule has 0 saturated carbocycles. The van der Waals surface area contributed by atoms with Gasteiger partial charge >= 0.3 is 0 Å². The summed E-state index contributed by atoms with van der Waals surface area (Å²) in [5.41, 5.74) is 6.94. The minimum atomic E-state index is -0.249. The average molecular weight is 333 g/mol. The van der Waals surface area contributed by atoms with E-state index in [0.29, 0.717) is 17.8 Å². The van der Waals surface area contributed by atoms with Crippen molar-refractivity contribution in [2.24, 2.45) is 5.73 Å². The van der Waals surface area contributed by atoms with Crippen molar-refractivity contribution in [3.8, 4) is 0 Å². The van der Waals surface area contributed by atoms with Crippen molar-refractivity contribution in [2.45, 2.75) is 38.3 Å². The Bertz CT molecular complexity index is 685. The van der Waals surface area contributed by atoms with Crippen molar-refractivity contribution in [3.63, 3.8) is 0 Å². The second kappa shape index (κ2) is 6.76. The third-order valence-electron chi connectivity index (χ3n) is 4.21. The lowest BCUT2D eigenvalue weighted by Crippen LogP contribution is -2.48. The van der Waals surface area contributed by atoms with Crippen molar-refractivity contribution in [3.05, 3.63) is 51.7 Å². The highest BCUT2D eigenvalue weighted by atomic mass is 32.1. The molecule has 1 amide bonds. The van der Waals surface area contributed by atoms with E-state index in [1.807, 2.05) is 11.8 Å². The first-order valence-corrected chi connectivity index (χ1v) is 8.60. The number of hydrogen-bond donors (Lipinski definition) is 1. The lowest BCUT2D eigenvalue weighted by Gasteiger charge is -2.36. The minimum absolute atomic E-state index is 0.0345. The molecule has 0 bridgehead atoms. The van der Waals surface area contributed by atoms with Gasteiger partial charge in [0.25, 0.3) is 5.91 Å². The zero-order chi connectivity index (χ0) is 16.4. The molecule has 3 rings (SSSR count). The van der Waals surface area contributed by atoms with Crippen LogP contribution in [-0.2, 0) is 6.42 Å². The molecule has 1 aliphatic rings. The second-order valence-corrected chi connectivity index (χ2v) is 7.17. The van der Waals surface area contributed by atoms with Crippen LogP contribution in [0.25, 0.3) is 0 Å². The maximum absolute atomic E-state index is 12.9. The van der Waals surface area contributed by atoms with Gasteiger partial charge in [-0.1, -0.05) is 12.1 Å². The number of rotatable bonds is 3. The molecular formula is C17H20FN3OS. The van der Waals surface area contributed by atoms with Gasteiger partial charge < -0.3 is 10.6 Å². The summed E-state index contributed by atoms with van der Waals surface area (Å²) in [5.74, 6) is -0.215. The maximum Gasteiger partial charge on any atom is 0.265 e. The van der Waals surface area contributed by atoms with Crippen molar-refractivity contribution in [2.75, 3.05) is 6.54 Å². The van der Waals surface area contributed by atoms with Gasteiger partial charge in [-0.2, -0.15) is 0 Å². The fraction of sp³-hybridized carbons (Fsp3) is 0.412. The van der Waals surface area contributed by atoms with Gasteiger partial charge in [-0.3, -0.25) is 4.79 Å². The molecule has 6 heteroatoms. The SMILES string of the molecule is C[C@@H]1C[C@@H](N)CCN1C(=O)c1cnc(Cc2ccc(F)cc2)s1. The van der Waals surface area contributed by atoms with Crippen molar-refractivity contribution in [1.82, 2.24) is 9.88 Å². The molecule has 1 aliphatic heterocycles. The zero-order valence-corrected chi connectivity index (χ0v) is 13.9. The van der Waals surface area contributed by atoms with E-state index < -0.39 is 0 Å². The van der Waals surface area contributed by atoms with Crippen LogP contribution in [0, 0.1) is 5.82 Å². The van der Waals surface area contributed by atoms with Gasteiger partial charge in [0.15, 0.2) is 0 Å². The summed E-state index contributed by atoms with van der Waals surface area (Å²) in [5, 5.41) is 0.862. The average Bonchev–Trinajstić information content (AvgIpc) is 2.97. The summed E-state index contributed by atoms with van der Waals surface area (Å²) >= 11 is 1.41. The number of nitrogens with zero attached hydrogens (tertiary/aromatic N) is 2. The number of piperidine rings is 1. The number of carbonyl (C=O) groups is 1. The van der Waals surface area contributed by atoms with Crippen LogP contribution in [0.4, 0.5) is 4.39 Å². The largest absolute Gasteiger partial charge is 0.335 e. The first-order valence-electron chi connectivity index (χ1n) is 7.78. The van der Waals surface area contributed by atoms with E-state index in [4.69, 9.17) is 5.73 Å². The molecular weight excluding hydrogens is 313 g/mol. The highest BCUT2D eigenvalue weighted by Gasteiger charge is 2.28. The maximum atomic E-state index is 12.9. The van der Waals surface area contributed by atoms with Gasteiger partial charge in [-0.15, -0.1) is 11.3 Å². The molecule has 1 aromatic carbocycles. The number of nitrogens with two attached hydrogens (primary N) is 1. The van der Waals surface area contributed by atoms with E-state index in [9.17, 15) is 9.18 Å². The van der Waals surface area contributed by atoms with Gasteiger partial charge in [0.1, 0.15) is 10.7 Å². The summed E-state index contributed by atoms with van der Waals surface area (Å²) < 4.78 is 12.9. The summed E-state index contributed by atoms with van der Waals surface area (Å²) in [6.45, 7) is 2.74. The smallest absolute Gasteiger partial charge is 0.265 e. The molecule has 0 aliphatic carbocycles. The van der Waals surface area contributed by atoms with Crippen LogP contribution in [-0.4, -0.2) is 34.4 Å².